The van der Waals surface area contributed by atoms with Crippen molar-refractivity contribution >= 4 is 0 Å². The molecular formula is C11H13F3O. The van der Waals surface area contributed by atoms with Gasteiger partial charge in [0.05, 0.1) is 0 Å². The van der Waals surface area contributed by atoms with Gasteiger partial charge in [0.15, 0.2) is 6.10 Å². The first-order chi connectivity index (χ1) is 6.73. The van der Waals surface area contributed by atoms with Crippen LogP contribution in [-0.4, -0.2) is 11.3 Å². The Morgan fingerprint density at radius 1 is 1.07 bits per heavy atom. The molecule has 0 fully saturated rings. The van der Waals surface area contributed by atoms with Gasteiger partial charge in [-0.1, -0.05) is 17.7 Å². The molecule has 1 rings (SSSR count). The summed E-state index contributed by atoms with van der Waals surface area (Å²) in [5.74, 6) is 0. The molecule has 0 unspecified atom stereocenters. The average Bonchev–Trinajstić information content (AvgIpc) is 1.99. The number of alkyl halides is 3. The van der Waals surface area contributed by atoms with E-state index in [1.807, 2.05) is 6.92 Å². The fraction of sp³-hybridized carbons (Fsp3) is 0.455. The van der Waals surface area contributed by atoms with E-state index < -0.39 is 12.3 Å². The van der Waals surface area contributed by atoms with Gasteiger partial charge >= 0.3 is 6.18 Å². The summed E-state index contributed by atoms with van der Waals surface area (Å²) in [7, 11) is 0. The van der Waals surface area contributed by atoms with Crippen LogP contribution in [0.2, 0.25) is 0 Å². The monoisotopic (exact) mass is 218 g/mol. The molecular weight excluding hydrogens is 205 g/mol. The van der Waals surface area contributed by atoms with Crippen molar-refractivity contribution in [3.05, 3.63) is 34.4 Å². The zero-order chi connectivity index (χ0) is 11.8. The quantitative estimate of drug-likeness (QED) is 0.767. The molecule has 1 nitrogen and oxygen atoms in total. The second-order valence-electron chi connectivity index (χ2n) is 3.76. The molecule has 0 bridgehead atoms. The Hall–Kier alpha value is -1.03. The van der Waals surface area contributed by atoms with Crippen LogP contribution in [0.5, 0.6) is 0 Å². The Morgan fingerprint density at radius 3 is 1.80 bits per heavy atom. The van der Waals surface area contributed by atoms with Crippen LogP contribution in [0, 0.1) is 20.8 Å². The van der Waals surface area contributed by atoms with Gasteiger partial charge in [0, 0.05) is 0 Å². The minimum atomic E-state index is -4.61. The number of hydrogen-bond donors (Lipinski definition) is 1. The summed E-state index contributed by atoms with van der Waals surface area (Å²) < 4.78 is 37.0. The van der Waals surface area contributed by atoms with Crippen molar-refractivity contribution in [2.75, 3.05) is 0 Å². The van der Waals surface area contributed by atoms with Crippen molar-refractivity contribution in [1.82, 2.24) is 0 Å². The second-order valence-corrected chi connectivity index (χ2v) is 3.76. The van der Waals surface area contributed by atoms with Crippen LogP contribution in [0.1, 0.15) is 28.4 Å². The largest absolute Gasteiger partial charge is 0.418 e. The summed E-state index contributed by atoms with van der Waals surface area (Å²) in [5, 5.41) is 9.18. The van der Waals surface area contributed by atoms with Crippen molar-refractivity contribution in [3.63, 3.8) is 0 Å². The highest BCUT2D eigenvalue weighted by atomic mass is 19.4. The van der Waals surface area contributed by atoms with E-state index in [4.69, 9.17) is 0 Å². The number of aliphatic hydroxyl groups is 1. The molecule has 0 saturated heterocycles. The van der Waals surface area contributed by atoms with Crippen LogP contribution in [0.4, 0.5) is 13.2 Å². The summed E-state index contributed by atoms with van der Waals surface area (Å²) in [4.78, 5) is 0. The molecule has 0 aliphatic heterocycles. The summed E-state index contributed by atoms with van der Waals surface area (Å²) in [5.41, 5.74) is 1.80. The molecule has 0 spiro atoms. The SMILES string of the molecule is Cc1cc(C)c([C@H](O)C(F)(F)F)c(C)c1. The van der Waals surface area contributed by atoms with Crippen molar-refractivity contribution in [1.29, 1.82) is 0 Å². The first-order valence-corrected chi connectivity index (χ1v) is 4.56. The van der Waals surface area contributed by atoms with E-state index in [1.165, 1.54) is 0 Å². The van der Waals surface area contributed by atoms with Crippen LogP contribution in [0.3, 0.4) is 0 Å². The maximum atomic E-state index is 12.3. The molecule has 1 aromatic carbocycles. The number of halogens is 3. The lowest BCUT2D eigenvalue weighted by Gasteiger charge is -2.19. The van der Waals surface area contributed by atoms with Gasteiger partial charge in [0.25, 0.3) is 0 Å². The Morgan fingerprint density at radius 2 is 1.47 bits per heavy atom. The van der Waals surface area contributed by atoms with Crippen molar-refractivity contribution in [2.24, 2.45) is 0 Å². The van der Waals surface area contributed by atoms with Gasteiger partial charge in [0.1, 0.15) is 0 Å². The molecule has 1 N–H and O–H groups in total. The van der Waals surface area contributed by atoms with Crippen LogP contribution < -0.4 is 0 Å². The van der Waals surface area contributed by atoms with Gasteiger partial charge in [-0.2, -0.15) is 13.2 Å². The van der Waals surface area contributed by atoms with E-state index in [9.17, 15) is 18.3 Å². The molecule has 0 saturated carbocycles. The summed E-state index contributed by atoms with van der Waals surface area (Å²) in [6.07, 6.45) is -7.00. The molecule has 0 heterocycles. The predicted molar refractivity (Wildman–Crippen MR) is 51.7 cm³/mol. The Kier molecular flexibility index (Phi) is 3.09. The number of aliphatic hydroxyl groups excluding tert-OH is 1. The van der Waals surface area contributed by atoms with Crippen LogP contribution in [-0.2, 0) is 0 Å². The maximum absolute atomic E-state index is 12.3. The predicted octanol–water partition coefficient (Wildman–Crippen LogP) is 3.21. The molecule has 1 atom stereocenters. The standard InChI is InChI=1S/C11H13F3O/c1-6-4-7(2)9(8(3)5-6)10(15)11(12,13)14/h4-5,10,15H,1-3H3/t10-/m0/s1. The van der Waals surface area contributed by atoms with Gasteiger partial charge < -0.3 is 5.11 Å². The normalized spacial score (nSPS) is 14.1. The molecule has 0 radical (unpaired) electrons. The highest BCUT2D eigenvalue weighted by molar-refractivity contribution is 5.39. The molecule has 0 aliphatic rings. The van der Waals surface area contributed by atoms with Gasteiger partial charge in [-0.3, -0.25) is 0 Å². The lowest BCUT2D eigenvalue weighted by molar-refractivity contribution is -0.207. The minimum absolute atomic E-state index is 0.0342. The van der Waals surface area contributed by atoms with E-state index in [1.54, 1.807) is 26.0 Å². The number of benzene rings is 1. The second kappa shape index (κ2) is 3.85. The number of aryl methyl sites for hydroxylation is 3. The van der Waals surface area contributed by atoms with Gasteiger partial charge in [-0.05, 0) is 37.5 Å². The zero-order valence-electron chi connectivity index (χ0n) is 8.81. The van der Waals surface area contributed by atoms with E-state index in [-0.39, 0.29) is 5.56 Å². The highest BCUT2D eigenvalue weighted by Crippen LogP contribution is 2.35. The molecule has 0 aromatic heterocycles. The molecule has 0 amide bonds. The molecule has 4 heteroatoms. The molecule has 84 valence electrons. The summed E-state index contributed by atoms with van der Waals surface area (Å²) >= 11 is 0. The van der Waals surface area contributed by atoms with E-state index in [2.05, 4.69) is 0 Å². The van der Waals surface area contributed by atoms with Crippen LogP contribution in [0.15, 0.2) is 12.1 Å². The highest BCUT2D eigenvalue weighted by Gasteiger charge is 2.40. The Balaban J connectivity index is 3.26. The van der Waals surface area contributed by atoms with Crippen molar-refractivity contribution in [2.45, 2.75) is 33.1 Å². The third kappa shape index (κ3) is 2.50. The Labute approximate surface area is 86.5 Å². The van der Waals surface area contributed by atoms with Crippen LogP contribution in [0.25, 0.3) is 0 Å². The molecule has 15 heavy (non-hydrogen) atoms. The first-order valence-electron chi connectivity index (χ1n) is 4.56. The smallest absolute Gasteiger partial charge is 0.379 e. The number of hydrogen-bond acceptors (Lipinski definition) is 1. The molecule has 1 aromatic rings. The molecule has 0 aliphatic carbocycles. The van der Waals surface area contributed by atoms with Crippen LogP contribution >= 0.6 is 0 Å². The zero-order valence-corrected chi connectivity index (χ0v) is 8.81. The third-order valence-corrected chi connectivity index (χ3v) is 2.32. The van der Waals surface area contributed by atoms with Gasteiger partial charge in [-0.15, -0.1) is 0 Å². The minimum Gasteiger partial charge on any atom is -0.379 e. The summed E-state index contributed by atoms with van der Waals surface area (Å²) in [6, 6.07) is 3.27. The van der Waals surface area contributed by atoms with Gasteiger partial charge in [0.2, 0.25) is 0 Å². The third-order valence-electron chi connectivity index (χ3n) is 2.32. The lowest BCUT2D eigenvalue weighted by atomic mass is 9.95. The average molecular weight is 218 g/mol. The maximum Gasteiger partial charge on any atom is 0.418 e. The van der Waals surface area contributed by atoms with E-state index in [0.29, 0.717) is 11.1 Å². The van der Waals surface area contributed by atoms with E-state index >= 15 is 0 Å². The topological polar surface area (TPSA) is 20.2 Å². The summed E-state index contributed by atoms with van der Waals surface area (Å²) in [6.45, 7) is 4.96. The van der Waals surface area contributed by atoms with Crippen molar-refractivity contribution in [3.8, 4) is 0 Å². The van der Waals surface area contributed by atoms with Gasteiger partial charge in [-0.25, -0.2) is 0 Å². The number of rotatable bonds is 1. The van der Waals surface area contributed by atoms with Crippen molar-refractivity contribution < 1.29 is 18.3 Å². The first kappa shape index (κ1) is 12.0. The Bertz CT molecular complexity index is 346. The fourth-order valence-corrected chi connectivity index (χ4v) is 1.79. The lowest BCUT2D eigenvalue weighted by Crippen LogP contribution is -2.22. The van der Waals surface area contributed by atoms with E-state index in [0.717, 1.165) is 5.56 Å². The fourth-order valence-electron chi connectivity index (χ4n) is 1.79.